The van der Waals surface area contributed by atoms with Crippen molar-refractivity contribution in [1.29, 1.82) is 0 Å². The summed E-state index contributed by atoms with van der Waals surface area (Å²) in [7, 11) is 1.59. The van der Waals surface area contributed by atoms with Crippen molar-refractivity contribution < 1.29 is 64.1 Å². The number of carbonyl (C=O) groups excluding carboxylic acids is 5. The summed E-state index contributed by atoms with van der Waals surface area (Å²) >= 11 is 0. The Morgan fingerprint density at radius 2 is 1.06 bits per heavy atom. The van der Waals surface area contributed by atoms with Gasteiger partial charge in [0.25, 0.3) is 0 Å². The Hall–Kier alpha value is -3.47. The number of aliphatic carboxylic acids is 2. The zero-order chi connectivity index (χ0) is 46.5. The van der Waals surface area contributed by atoms with Crippen LogP contribution in [0.1, 0.15) is 176 Å². The molecule has 0 saturated heterocycles. The van der Waals surface area contributed by atoms with Crippen LogP contribution in [0, 0.1) is 5.92 Å². The van der Waals surface area contributed by atoms with E-state index in [-0.39, 0.29) is 62.5 Å². The molecule has 0 rings (SSSR count). The summed E-state index contributed by atoms with van der Waals surface area (Å²) in [5.41, 5.74) is 0. The molecule has 0 radical (unpaired) electrons. The number of amides is 3. The Labute approximate surface area is 373 Å². The number of ketones is 2. The highest BCUT2D eigenvalue weighted by molar-refractivity contribution is 5.84. The predicted octanol–water partition coefficient (Wildman–Crippen LogP) is 6.98. The van der Waals surface area contributed by atoms with Gasteiger partial charge in [0.15, 0.2) is 0 Å². The van der Waals surface area contributed by atoms with Crippen LogP contribution < -0.4 is 16.0 Å². The smallest absolute Gasteiger partial charge is 0.326 e. The van der Waals surface area contributed by atoms with Gasteiger partial charge in [-0.15, -0.1) is 0 Å². The van der Waals surface area contributed by atoms with Gasteiger partial charge in [-0.25, -0.2) is 4.79 Å². The van der Waals surface area contributed by atoms with E-state index in [1.54, 1.807) is 21.0 Å². The molecule has 0 aromatic heterocycles. The van der Waals surface area contributed by atoms with Gasteiger partial charge in [0, 0.05) is 66.3 Å². The number of hydrogen-bond acceptors (Lipinski definition) is 11. The molecule has 0 saturated carbocycles. The van der Waals surface area contributed by atoms with E-state index >= 15 is 0 Å². The quantitative estimate of drug-likeness (QED) is 0.0389. The van der Waals surface area contributed by atoms with Gasteiger partial charge in [0.1, 0.15) is 24.2 Å². The van der Waals surface area contributed by atoms with E-state index in [0.29, 0.717) is 78.4 Å². The Kier molecular flexibility index (Phi) is 44.5. The Bertz CT molecular complexity index is 1180. The first-order chi connectivity index (χ1) is 29.8. The zero-order valence-electron chi connectivity index (χ0n) is 38.9. The van der Waals surface area contributed by atoms with E-state index in [2.05, 4.69) is 16.0 Å². The molecule has 16 nitrogen and oxygen atoms in total. The van der Waals surface area contributed by atoms with Crippen LogP contribution >= 0.6 is 0 Å². The third-order valence-electron chi connectivity index (χ3n) is 10.1. The predicted molar refractivity (Wildman–Crippen MR) is 241 cm³/mol. The Balaban J connectivity index is -0.00000124. The maximum atomic E-state index is 12.2. The number of carboxylic acids is 2. The van der Waals surface area contributed by atoms with Crippen molar-refractivity contribution in [3.63, 3.8) is 0 Å². The molecule has 0 aliphatic carbocycles. The lowest BCUT2D eigenvalue weighted by atomic mass is 10.0. The van der Waals surface area contributed by atoms with Gasteiger partial charge < -0.3 is 45.1 Å². The number of Topliss-reactive ketones (excluding diaryl/α,β-unsaturated/α-hetero) is 2. The van der Waals surface area contributed by atoms with Crippen LogP contribution in [0.5, 0.6) is 0 Å². The number of unbranched alkanes of at least 4 members (excludes halogenated alkanes) is 14. The second-order valence-electron chi connectivity index (χ2n) is 15.8. The summed E-state index contributed by atoms with van der Waals surface area (Å²) in [5.74, 6) is -1.93. The second-order valence-corrected chi connectivity index (χ2v) is 15.8. The minimum absolute atomic E-state index is 0. The summed E-state index contributed by atoms with van der Waals surface area (Å²) in [5, 5.41) is 26.0. The highest BCUT2D eigenvalue weighted by atomic mass is 16.5. The first-order valence-electron chi connectivity index (χ1n) is 23.4. The molecule has 0 bridgehead atoms. The molecule has 0 aliphatic heterocycles. The highest BCUT2D eigenvalue weighted by Gasteiger charge is 2.20. The minimum atomic E-state index is -1.11. The second kappa shape index (κ2) is 45.6. The number of carbonyl (C=O) groups is 7. The van der Waals surface area contributed by atoms with Crippen LogP contribution in [0.4, 0.5) is 0 Å². The van der Waals surface area contributed by atoms with E-state index in [9.17, 15) is 38.7 Å². The van der Waals surface area contributed by atoms with Crippen molar-refractivity contribution in [3.05, 3.63) is 0 Å². The van der Waals surface area contributed by atoms with Gasteiger partial charge in [-0.2, -0.15) is 0 Å². The minimum Gasteiger partial charge on any atom is -0.481 e. The first-order valence-corrected chi connectivity index (χ1v) is 23.4. The van der Waals surface area contributed by atoms with Gasteiger partial charge >= 0.3 is 11.9 Å². The van der Waals surface area contributed by atoms with Crippen LogP contribution in [0.25, 0.3) is 0 Å². The maximum absolute atomic E-state index is 12.2. The number of nitrogens with one attached hydrogen (secondary N) is 3. The number of methoxy groups -OCH3 is 1. The molecule has 16 heteroatoms. The molecule has 0 aromatic rings. The molecule has 0 unspecified atom stereocenters. The number of rotatable bonds is 44. The normalized spacial score (nSPS) is 11.8. The molecule has 0 aromatic carbocycles. The number of hydrogen-bond donors (Lipinski definition) is 5. The largest absolute Gasteiger partial charge is 0.481 e. The summed E-state index contributed by atoms with van der Waals surface area (Å²) < 4.78 is 20.7. The van der Waals surface area contributed by atoms with Crippen molar-refractivity contribution in [2.45, 2.75) is 181 Å². The van der Waals surface area contributed by atoms with Crippen molar-refractivity contribution in [3.8, 4) is 0 Å². The topological polar surface area (TPSA) is 233 Å². The Morgan fingerprint density at radius 1 is 0.532 bits per heavy atom. The van der Waals surface area contributed by atoms with Crippen molar-refractivity contribution in [2.24, 2.45) is 5.92 Å². The molecular formula is C46H87N3O13. The molecule has 364 valence electrons. The molecule has 0 aliphatic rings. The summed E-state index contributed by atoms with van der Waals surface area (Å²) in [6.45, 7) is 9.04. The van der Waals surface area contributed by atoms with Crippen molar-refractivity contribution in [1.82, 2.24) is 16.0 Å². The van der Waals surface area contributed by atoms with E-state index < -0.39 is 18.0 Å². The molecular weight excluding hydrogens is 803 g/mol. The summed E-state index contributed by atoms with van der Waals surface area (Å²) in [6, 6.07) is -1.03. The third kappa shape index (κ3) is 46.0. The van der Waals surface area contributed by atoms with E-state index in [0.717, 1.165) is 64.2 Å². The highest BCUT2D eigenvalue weighted by Crippen LogP contribution is 2.14. The van der Waals surface area contributed by atoms with Crippen molar-refractivity contribution in [2.75, 3.05) is 66.4 Å². The standard InChI is InChI=1S/C29H53NO8.C17H32N2O5.H2/c1-37-23-24-38-22-16-17-25(31)20-21-26(29(35)36)30-27(32)18-14-12-10-8-6-4-2-3-5-7-9-11-13-15-19-28(33)34;1-4-16(21)19-9-10-23-11-12-24-13-17(22)18-8-6-5-7-14(2)15(3)20;/h26H,2-24H2,1H3,(H,30,32)(H,33,34)(H,35,36);14H,4-13H2,1-3H3,(H,18,22)(H,19,21);1H/t26-;14-;/m00./s1. The lowest BCUT2D eigenvalue weighted by molar-refractivity contribution is -0.142. The van der Waals surface area contributed by atoms with Gasteiger partial charge in [-0.3, -0.25) is 28.8 Å². The fourth-order valence-corrected chi connectivity index (χ4v) is 6.08. The van der Waals surface area contributed by atoms with Crippen molar-refractivity contribution >= 4 is 41.2 Å². The molecule has 0 spiro atoms. The third-order valence-corrected chi connectivity index (χ3v) is 10.1. The lowest BCUT2D eigenvalue weighted by Gasteiger charge is -2.14. The van der Waals surface area contributed by atoms with Gasteiger partial charge in [-0.05, 0) is 45.4 Å². The van der Waals surface area contributed by atoms with Gasteiger partial charge in [-0.1, -0.05) is 97.3 Å². The lowest BCUT2D eigenvalue weighted by Crippen LogP contribution is -2.41. The summed E-state index contributed by atoms with van der Waals surface area (Å²) in [4.78, 5) is 79.6. The van der Waals surface area contributed by atoms with E-state index in [1.165, 1.54) is 44.9 Å². The number of ether oxygens (including phenoxy) is 4. The van der Waals surface area contributed by atoms with E-state index in [1.807, 2.05) is 6.92 Å². The molecule has 0 fully saturated rings. The monoisotopic (exact) mass is 890 g/mol. The maximum Gasteiger partial charge on any atom is 0.326 e. The average molecular weight is 890 g/mol. The fraction of sp³-hybridized carbons (Fsp3) is 0.848. The average Bonchev–Trinajstić information content (AvgIpc) is 3.23. The van der Waals surface area contributed by atoms with Crippen LogP contribution in [0.15, 0.2) is 0 Å². The molecule has 0 heterocycles. The molecule has 5 N–H and O–H groups in total. The van der Waals surface area contributed by atoms with Crippen LogP contribution in [-0.2, 0) is 52.5 Å². The zero-order valence-corrected chi connectivity index (χ0v) is 38.9. The van der Waals surface area contributed by atoms with Crippen LogP contribution in [-0.4, -0.2) is 124 Å². The van der Waals surface area contributed by atoms with Crippen LogP contribution in [0.3, 0.4) is 0 Å². The Morgan fingerprint density at radius 3 is 1.61 bits per heavy atom. The van der Waals surface area contributed by atoms with Gasteiger partial charge in [0.05, 0.1) is 33.0 Å². The molecule has 2 atom stereocenters. The fourth-order valence-electron chi connectivity index (χ4n) is 6.08. The first kappa shape index (κ1) is 60.6. The van der Waals surface area contributed by atoms with Crippen LogP contribution in [0.2, 0.25) is 0 Å². The molecule has 62 heavy (non-hydrogen) atoms. The molecule has 3 amide bonds. The van der Waals surface area contributed by atoms with Gasteiger partial charge in [0.2, 0.25) is 17.7 Å². The van der Waals surface area contributed by atoms with E-state index in [4.69, 9.17) is 24.1 Å². The summed E-state index contributed by atoms with van der Waals surface area (Å²) in [6.07, 6.45) is 20.4. The number of carboxylic acid groups (broad SMARTS) is 2. The SMILES string of the molecule is CCC(=O)NCCOCCOCC(=O)NCCCC[C@H](C)C(C)=O.COCCOCCCC(=O)CC[C@H](NC(=O)CCCCCCCCCCCCCCCCC(=O)O)C(=O)O.[HH].